The summed E-state index contributed by atoms with van der Waals surface area (Å²) in [6.45, 7) is 3.88. The molecule has 0 aromatic heterocycles. The van der Waals surface area contributed by atoms with Gasteiger partial charge in [0, 0.05) is 44.1 Å². The quantitative estimate of drug-likeness (QED) is 0.915. The summed E-state index contributed by atoms with van der Waals surface area (Å²) in [5.74, 6) is 0.974. The number of ether oxygens (including phenoxy) is 2. The number of hydrogen-bond acceptors (Lipinski definition) is 4. The highest BCUT2D eigenvalue weighted by atomic mass is 16.5. The van der Waals surface area contributed by atoms with Crippen LogP contribution in [0.25, 0.3) is 0 Å². The molecule has 2 heterocycles. The molecule has 2 fully saturated rings. The lowest BCUT2D eigenvalue weighted by Crippen LogP contribution is -2.27. The van der Waals surface area contributed by atoms with Gasteiger partial charge in [-0.1, -0.05) is 6.07 Å². The molecule has 4 nitrogen and oxygen atoms in total. The van der Waals surface area contributed by atoms with E-state index < -0.39 is 0 Å². The lowest BCUT2D eigenvalue weighted by atomic mass is 10.1. The van der Waals surface area contributed by atoms with Gasteiger partial charge in [-0.15, -0.1) is 0 Å². The molecule has 2 aliphatic rings. The van der Waals surface area contributed by atoms with Crippen molar-refractivity contribution >= 4 is 5.69 Å². The number of likely N-dealkylation sites (N-methyl/N-ethyl adjacent to an activating group) is 1. The standard InChI is InChI=1S/C16H24N2O2/c1-18-8-5-16(12-18)20-15-4-2-3-14(11-15)17-13-6-9-19-10-7-13/h2-4,11,13,16-17H,5-10,12H2,1H3. The predicted octanol–water partition coefficient (Wildman–Crippen LogP) is 2.36. The molecule has 0 spiro atoms. The largest absolute Gasteiger partial charge is 0.489 e. The first-order chi connectivity index (χ1) is 9.79. The molecule has 4 heteroatoms. The van der Waals surface area contributed by atoms with E-state index in [1.165, 1.54) is 0 Å². The van der Waals surface area contributed by atoms with E-state index in [1.54, 1.807) is 0 Å². The van der Waals surface area contributed by atoms with Crippen molar-refractivity contribution in [3.05, 3.63) is 24.3 Å². The molecule has 0 bridgehead atoms. The van der Waals surface area contributed by atoms with Crippen molar-refractivity contribution in [2.45, 2.75) is 31.4 Å². The minimum Gasteiger partial charge on any atom is -0.489 e. The van der Waals surface area contributed by atoms with Gasteiger partial charge < -0.3 is 19.7 Å². The summed E-state index contributed by atoms with van der Waals surface area (Å²) in [7, 11) is 2.15. The number of likely N-dealkylation sites (tertiary alicyclic amines) is 1. The Bertz CT molecular complexity index is 410. The molecule has 0 amide bonds. The number of anilines is 1. The molecule has 2 saturated heterocycles. The van der Waals surface area contributed by atoms with Crippen molar-refractivity contribution in [1.82, 2.24) is 4.90 Å². The van der Waals surface area contributed by atoms with Crippen molar-refractivity contribution in [2.75, 3.05) is 38.7 Å². The second-order valence-electron chi connectivity index (χ2n) is 5.85. The third-order valence-electron chi connectivity index (χ3n) is 4.08. The highest BCUT2D eigenvalue weighted by Crippen LogP contribution is 2.23. The molecule has 2 aliphatic heterocycles. The van der Waals surface area contributed by atoms with Crippen LogP contribution < -0.4 is 10.1 Å². The van der Waals surface area contributed by atoms with Gasteiger partial charge in [0.05, 0.1) is 0 Å². The fourth-order valence-electron chi connectivity index (χ4n) is 2.92. The van der Waals surface area contributed by atoms with E-state index in [0.717, 1.165) is 57.0 Å². The van der Waals surface area contributed by atoms with Crippen LogP contribution in [0.5, 0.6) is 5.75 Å². The number of rotatable bonds is 4. The van der Waals surface area contributed by atoms with Crippen LogP contribution in [0.3, 0.4) is 0 Å². The summed E-state index contributed by atoms with van der Waals surface area (Å²) < 4.78 is 11.5. The number of hydrogen-bond donors (Lipinski definition) is 1. The number of benzene rings is 1. The second kappa shape index (κ2) is 6.46. The Hall–Kier alpha value is -1.26. The molecular weight excluding hydrogens is 252 g/mol. The van der Waals surface area contributed by atoms with Gasteiger partial charge in [0.25, 0.3) is 0 Å². The first kappa shape index (κ1) is 13.7. The molecule has 0 radical (unpaired) electrons. The maximum atomic E-state index is 6.07. The van der Waals surface area contributed by atoms with E-state index in [0.29, 0.717) is 12.1 Å². The fourth-order valence-corrected chi connectivity index (χ4v) is 2.92. The summed E-state index contributed by atoms with van der Waals surface area (Å²) in [6.07, 6.45) is 3.61. The zero-order valence-corrected chi connectivity index (χ0v) is 12.2. The molecule has 0 aliphatic carbocycles. The molecular formula is C16H24N2O2. The molecule has 1 atom stereocenters. The minimum atomic E-state index is 0.332. The van der Waals surface area contributed by atoms with Crippen LogP contribution >= 0.6 is 0 Å². The normalized spacial score (nSPS) is 24.8. The lowest BCUT2D eigenvalue weighted by Gasteiger charge is -2.24. The summed E-state index contributed by atoms with van der Waals surface area (Å²) in [5, 5.41) is 3.58. The van der Waals surface area contributed by atoms with Gasteiger partial charge in [0.15, 0.2) is 0 Å². The van der Waals surface area contributed by atoms with Crippen LogP contribution in [0.15, 0.2) is 24.3 Å². The summed E-state index contributed by atoms with van der Waals surface area (Å²) in [6, 6.07) is 8.87. The zero-order chi connectivity index (χ0) is 13.8. The Kier molecular flexibility index (Phi) is 4.43. The average Bonchev–Trinajstić information content (AvgIpc) is 2.86. The lowest BCUT2D eigenvalue weighted by molar-refractivity contribution is 0.0904. The first-order valence-corrected chi connectivity index (χ1v) is 7.59. The van der Waals surface area contributed by atoms with Gasteiger partial charge in [0.1, 0.15) is 11.9 Å². The van der Waals surface area contributed by atoms with E-state index in [-0.39, 0.29) is 0 Å². The van der Waals surface area contributed by atoms with Crippen LogP contribution in [0.1, 0.15) is 19.3 Å². The summed E-state index contributed by atoms with van der Waals surface area (Å²) in [4.78, 5) is 2.31. The van der Waals surface area contributed by atoms with Crippen LogP contribution in [0.4, 0.5) is 5.69 Å². The Morgan fingerprint density at radius 3 is 2.85 bits per heavy atom. The van der Waals surface area contributed by atoms with E-state index >= 15 is 0 Å². The van der Waals surface area contributed by atoms with E-state index in [4.69, 9.17) is 9.47 Å². The molecule has 1 aromatic carbocycles. The van der Waals surface area contributed by atoms with Crippen molar-refractivity contribution in [2.24, 2.45) is 0 Å². The number of nitrogens with one attached hydrogen (secondary N) is 1. The monoisotopic (exact) mass is 276 g/mol. The molecule has 3 rings (SSSR count). The fraction of sp³-hybridized carbons (Fsp3) is 0.625. The van der Waals surface area contributed by atoms with Crippen molar-refractivity contribution < 1.29 is 9.47 Å². The van der Waals surface area contributed by atoms with Crippen LogP contribution in [0, 0.1) is 0 Å². The first-order valence-electron chi connectivity index (χ1n) is 7.59. The van der Waals surface area contributed by atoms with Crippen LogP contribution in [0.2, 0.25) is 0 Å². The van der Waals surface area contributed by atoms with Gasteiger partial charge in [-0.3, -0.25) is 0 Å². The third kappa shape index (κ3) is 3.64. The Balaban J connectivity index is 1.57. The van der Waals surface area contributed by atoms with Gasteiger partial charge in [-0.25, -0.2) is 0 Å². The van der Waals surface area contributed by atoms with E-state index in [9.17, 15) is 0 Å². The van der Waals surface area contributed by atoms with Gasteiger partial charge in [-0.2, -0.15) is 0 Å². The summed E-state index contributed by atoms with van der Waals surface area (Å²) >= 11 is 0. The van der Waals surface area contributed by atoms with Crippen molar-refractivity contribution in [3.8, 4) is 5.75 Å². The van der Waals surface area contributed by atoms with Gasteiger partial charge in [-0.05, 0) is 38.4 Å². The number of nitrogens with zero attached hydrogens (tertiary/aromatic N) is 1. The molecule has 1 unspecified atom stereocenters. The molecule has 1 N–H and O–H groups in total. The zero-order valence-electron chi connectivity index (χ0n) is 12.2. The Labute approximate surface area is 121 Å². The van der Waals surface area contributed by atoms with Crippen molar-refractivity contribution in [1.29, 1.82) is 0 Å². The average molecular weight is 276 g/mol. The van der Waals surface area contributed by atoms with E-state index in [1.807, 2.05) is 6.07 Å². The Morgan fingerprint density at radius 2 is 2.10 bits per heavy atom. The highest BCUT2D eigenvalue weighted by Gasteiger charge is 2.21. The highest BCUT2D eigenvalue weighted by molar-refractivity contribution is 5.49. The van der Waals surface area contributed by atoms with E-state index in [2.05, 4.69) is 35.5 Å². The van der Waals surface area contributed by atoms with Crippen LogP contribution in [-0.4, -0.2) is 50.4 Å². The second-order valence-corrected chi connectivity index (χ2v) is 5.85. The topological polar surface area (TPSA) is 33.7 Å². The Morgan fingerprint density at radius 1 is 1.25 bits per heavy atom. The predicted molar refractivity (Wildman–Crippen MR) is 80.4 cm³/mol. The molecule has 20 heavy (non-hydrogen) atoms. The van der Waals surface area contributed by atoms with Crippen LogP contribution in [-0.2, 0) is 4.74 Å². The third-order valence-corrected chi connectivity index (χ3v) is 4.08. The summed E-state index contributed by atoms with van der Waals surface area (Å²) in [5.41, 5.74) is 1.15. The molecule has 0 saturated carbocycles. The minimum absolute atomic E-state index is 0.332. The SMILES string of the molecule is CN1CCC(Oc2cccc(NC3CCOCC3)c2)C1. The van der Waals surface area contributed by atoms with Gasteiger partial charge >= 0.3 is 0 Å². The smallest absolute Gasteiger partial charge is 0.121 e. The molecule has 1 aromatic rings. The molecule has 110 valence electrons. The van der Waals surface area contributed by atoms with Crippen molar-refractivity contribution in [3.63, 3.8) is 0 Å². The van der Waals surface area contributed by atoms with Gasteiger partial charge in [0.2, 0.25) is 0 Å². The maximum absolute atomic E-state index is 6.07. The maximum Gasteiger partial charge on any atom is 0.121 e.